The Morgan fingerprint density at radius 2 is 2.00 bits per heavy atom. The molecule has 5 nitrogen and oxygen atoms in total. The minimum atomic E-state index is -0.467. The van der Waals surface area contributed by atoms with Crippen LogP contribution in [0.5, 0.6) is 0 Å². The molecular formula is C20H16ClFN4O. The lowest BCUT2D eigenvalue weighted by atomic mass is 10.1. The van der Waals surface area contributed by atoms with Crippen LogP contribution in [0.2, 0.25) is 5.02 Å². The van der Waals surface area contributed by atoms with E-state index in [1.165, 1.54) is 19.2 Å². The van der Waals surface area contributed by atoms with E-state index >= 15 is 0 Å². The highest BCUT2D eigenvalue weighted by atomic mass is 35.5. The van der Waals surface area contributed by atoms with Crippen molar-refractivity contribution >= 4 is 39.9 Å². The molecule has 27 heavy (non-hydrogen) atoms. The van der Waals surface area contributed by atoms with Gasteiger partial charge in [0.25, 0.3) is 5.91 Å². The van der Waals surface area contributed by atoms with Crippen molar-refractivity contribution in [2.75, 3.05) is 7.05 Å². The first-order valence-electron chi connectivity index (χ1n) is 8.04. The summed E-state index contributed by atoms with van der Waals surface area (Å²) in [6.07, 6.45) is 3.03. The Hall–Kier alpha value is -3.25. The van der Waals surface area contributed by atoms with E-state index in [0.717, 1.165) is 5.39 Å². The Bertz CT molecular complexity index is 1080. The average molecular weight is 383 g/mol. The molecule has 0 spiro atoms. The molecule has 0 aliphatic heterocycles. The number of amides is 1. The van der Waals surface area contributed by atoms with Crippen molar-refractivity contribution in [1.82, 2.24) is 10.3 Å². The highest BCUT2D eigenvalue weighted by Crippen LogP contribution is 2.22. The van der Waals surface area contributed by atoms with Gasteiger partial charge in [-0.05, 0) is 30.3 Å². The van der Waals surface area contributed by atoms with E-state index in [2.05, 4.69) is 15.3 Å². The number of hydrogen-bond acceptors (Lipinski definition) is 4. The van der Waals surface area contributed by atoms with Gasteiger partial charge >= 0.3 is 0 Å². The number of carbonyl (C=O) groups excluding carboxylic acids is 1. The molecular weight excluding hydrogens is 367 g/mol. The molecule has 0 aliphatic rings. The summed E-state index contributed by atoms with van der Waals surface area (Å²) in [5.74, 6) is -0.750. The molecule has 0 aliphatic carbocycles. The number of nitrogens with two attached hydrogens (primary N) is 1. The van der Waals surface area contributed by atoms with Crippen molar-refractivity contribution < 1.29 is 9.18 Å². The Morgan fingerprint density at radius 1 is 1.22 bits per heavy atom. The van der Waals surface area contributed by atoms with E-state index < -0.39 is 11.7 Å². The van der Waals surface area contributed by atoms with Crippen LogP contribution in [0.15, 0.2) is 65.8 Å². The van der Waals surface area contributed by atoms with Gasteiger partial charge in [0, 0.05) is 36.0 Å². The number of aliphatic imine (C=N–C) groups is 1. The maximum Gasteiger partial charge on any atom is 0.258 e. The minimum absolute atomic E-state index is 0.139. The number of amidine groups is 1. The van der Waals surface area contributed by atoms with Crippen molar-refractivity contribution in [2.24, 2.45) is 10.7 Å². The molecule has 0 unspecified atom stereocenters. The van der Waals surface area contributed by atoms with Crippen LogP contribution in [0.1, 0.15) is 15.9 Å². The fraction of sp³-hybridized carbons (Fsp3) is 0.0500. The molecule has 2 aromatic carbocycles. The number of aromatic nitrogens is 1. The smallest absolute Gasteiger partial charge is 0.258 e. The normalized spacial score (nSPS) is 12.3. The van der Waals surface area contributed by atoms with E-state index in [4.69, 9.17) is 17.3 Å². The summed E-state index contributed by atoms with van der Waals surface area (Å²) in [6, 6.07) is 13.0. The zero-order chi connectivity index (χ0) is 19.4. The fourth-order valence-corrected chi connectivity index (χ4v) is 2.79. The van der Waals surface area contributed by atoms with Crippen molar-refractivity contribution in [2.45, 2.75) is 0 Å². The Kier molecular flexibility index (Phi) is 5.47. The number of halogens is 2. The van der Waals surface area contributed by atoms with Gasteiger partial charge in [-0.3, -0.25) is 14.8 Å². The molecule has 0 fully saturated rings. The minimum Gasteiger partial charge on any atom is -0.398 e. The lowest BCUT2D eigenvalue weighted by molar-refractivity contribution is 0.0977. The first kappa shape index (κ1) is 18.5. The van der Waals surface area contributed by atoms with Gasteiger partial charge in [-0.2, -0.15) is 0 Å². The summed E-state index contributed by atoms with van der Waals surface area (Å²) < 4.78 is 13.9. The van der Waals surface area contributed by atoms with E-state index in [1.807, 2.05) is 6.07 Å². The summed E-state index contributed by atoms with van der Waals surface area (Å²) in [6.45, 7) is 0. The zero-order valence-electron chi connectivity index (χ0n) is 14.4. The standard InChI is InChI=1S/C20H16ClFN4O/c1-24-19(11-17(23)13-6-2-3-7-16(13)22)26-20(27)14-10-18-12(9-15(14)21)5-4-8-25-18/h2-11H,23H2,1H3,(H,24,26,27). The third-order valence-corrected chi connectivity index (χ3v) is 4.21. The van der Waals surface area contributed by atoms with Gasteiger partial charge in [-0.25, -0.2) is 4.39 Å². The van der Waals surface area contributed by atoms with E-state index in [-0.39, 0.29) is 27.7 Å². The van der Waals surface area contributed by atoms with Crippen LogP contribution in [0, 0.1) is 5.82 Å². The first-order chi connectivity index (χ1) is 13.0. The third-order valence-electron chi connectivity index (χ3n) is 3.90. The number of rotatable bonds is 3. The Morgan fingerprint density at radius 3 is 2.74 bits per heavy atom. The lowest BCUT2D eigenvalue weighted by Crippen LogP contribution is -2.30. The number of nitrogens with zero attached hydrogens (tertiary/aromatic N) is 2. The lowest BCUT2D eigenvalue weighted by Gasteiger charge is -2.09. The van der Waals surface area contributed by atoms with Gasteiger partial charge in [0.15, 0.2) is 0 Å². The molecule has 0 saturated heterocycles. The van der Waals surface area contributed by atoms with Gasteiger partial charge in [0.1, 0.15) is 11.7 Å². The molecule has 136 valence electrons. The average Bonchev–Trinajstić information content (AvgIpc) is 2.67. The van der Waals surface area contributed by atoms with Gasteiger partial charge < -0.3 is 11.1 Å². The van der Waals surface area contributed by atoms with Crippen molar-refractivity contribution in [3.05, 3.63) is 82.8 Å². The number of benzene rings is 2. The molecule has 3 aromatic rings. The van der Waals surface area contributed by atoms with Gasteiger partial charge in [-0.15, -0.1) is 0 Å². The predicted molar refractivity (Wildman–Crippen MR) is 106 cm³/mol. The molecule has 1 aromatic heterocycles. The largest absolute Gasteiger partial charge is 0.398 e. The predicted octanol–water partition coefficient (Wildman–Crippen LogP) is 3.79. The van der Waals surface area contributed by atoms with E-state index in [0.29, 0.717) is 5.52 Å². The SMILES string of the molecule is CN=C(C=C(N)c1ccccc1F)NC(=O)c1cc2ncccc2cc1Cl. The summed E-state index contributed by atoms with van der Waals surface area (Å²) in [5, 5.41) is 3.74. The zero-order valence-corrected chi connectivity index (χ0v) is 15.2. The molecule has 7 heteroatoms. The molecule has 0 radical (unpaired) electrons. The van der Waals surface area contributed by atoms with Gasteiger partial charge in [0.2, 0.25) is 0 Å². The Labute approximate surface area is 160 Å². The molecule has 3 N–H and O–H groups in total. The topological polar surface area (TPSA) is 80.4 Å². The van der Waals surface area contributed by atoms with Crippen LogP contribution in [0.25, 0.3) is 16.6 Å². The van der Waals surface area contributed by atoms with Crippen molar-refractivity contribution in [1.29, 1.82) is 0 Å². The molecule has 0 bridgehead atoms. The summed E-state index contributed by atoms with van der Waals surface area (Å²) in [4.78, 5) is 20.8. The van der Waals surface area contributed by atoms with Crippen molar-refractivity contribution in [3.63, 3.8) is 0 Å². The number of fused-ring (bicyclic) bond motifs is 1. The second kappa shape index (κ2) is 7.97. The fourth-order valence-electron chi connectivity index (χ4n) is 2.53. The third kappa shape index (κ3) is 4.12. The monoisotopic (exact) mass is 382 g/mol. The van der Waals surface area contributed by atoms with Crippen LogP contribution in [-0.2, 0) is 0 Å². The molecule has 0 saturated carbocycles. The summed E-state index contributed by atoms with van der Waals surface area (Å²) >= 11 is 6.23. The van der Waals surface area contributed by atoms with Crippen LogP contribution < -0.4 is 11.1 Å². The first-order valence-corrected chi connectivity index (χ1v) is 8.42. The summed E-state index contributed by atoms with van der Waals surface area (Å²) in [5.41, 5.74) is 7.20. The highest BCUT2D eigenvalue weighted by Gasteiger charge is 2.14. The molecule has 1 amide bonds. The van der Waals surface area contributed by atoms with Crippen molar-refractivity contribution in [3.8, 4) is 0 Å². The van der Waals surface area contributed by atoms with Crippen LogP contribution in [0.3, 0.4) is 0 Å². The van der Waals surface area contributed by atoms with E-state index in [9.17, 15) is 9.18 Å². The highest BCUT2D eigenvalue weighted by molar-refractivity contribution is 6.35. The molecule has 1 heterocycles. The summed E-state index contributed by atoms with van der Waals surface area (Å²) in [7, 11) is 1.49. The Balaban J connectivity index is 1.87. The van der Waals surface area contributed by atoms with Gasteiger partial charge in [0.05, 0.1) is 16.1 Å². The molecule has 3 rings (SSSR count). The number of carbonyl (C=O) groups is 1. The van der Waals surface area contributed by atoms with Crippen LogP contribution in [-0.4, -0.2) is 23.8 Å². The van der Waals surface area contributed by atoms with Crippen LogP contribution in [0.4, 0.5) is 4.39 Å². The van der Waals surface area contributed by atoms with Gasteiger partial charge in [-0.1, -0.05) is 29.8 Å². The second-order valence-electron chi connectivity index (χ2n) is 5.67. The number of nitrogens with one attached hydrogen (secondary N) is 1. The quantitative estimate of drug-likeness (QED) is 0.534. The number of hydrogen-bond donors (Lipinski definition) is 2. The second-order valence-corrected chi connectivity index (χ2v) is 6.08. The van der Waals surface area contributed by atoms with E-state index in [1.54, 1.807) is 42.6 Å². The van der Waals surface area contributed by atoms with Crippen LogP contribution >= 0.6 is 11.6 Å². The maximum absolute atomic E-state index is 13.9. The number of pyridine rings is 1. The molecule has 0 atom stereocenters. The maximum atomic E-state index is 13.9.